The summed E-state index contributed by atoms with van der Waals surface area (Å²) in [5, 5.41) is 16.0. The van der Waals surface area contributed by atoms with Crippen LogP contribution in [0.25, 0.3) is 33.2 Å². The van der Waals surface area contributed by atoms with E-state index in [0.29, 0.717) is 5.82 Å². The van der Waals surface area contributed by atoms with Gasteiger partial charge in [0, 0.05) is 33.8 Å². The van der Waals surface area contributed by atoms with Gasteiger partial charge in [0.1, 0.15) is 17.7 Å². The number of nitrogens with one attached hydrogen (secondary N) is 3. The van der Waals surface area contributed by atoms with Crippen LogP contribution in [0.15, 0.2) is 66.9 Å². The fourth-order valence-electron chi connectivity index (χ4n) is 4.30. The zero-order chi connectivity index (χ0) is 23.8. The number of epoxide rings is 1. The number of rotatable bonds is 8. The number of aromatic nitrogens is 4. The lowest BCUT2D eigenvalue weighted by molar-refractivity contribution is 0.372. The average molecular weight is 467 g/mol. The van der Waals surface area contributed by atoms with Gasteiger partial charge >= 0.3 is 0 Å². The van der Waals surface area contributed by atoms with Crippen LogP contribution in [0.3, 0.4) is 0 Å². The van der Waals surface area contributed by atoms with Crippen LogP contribution in [0.1, 0.15) is 19.8 Å². The molecule has 3 heterocycles. The Morgan fingerprint density at radius 3 is 2.86 bits per heavy atom. The fourth-order valence-corrected chi connectivity index (χ4v) is 4.30. The second-order valence-corrected chi connectivity index (χ2v) is 8.68. The SMILES string of the molecule is CCCC1OC1Nc1cccc(-c2nc(Nc3ccc4[nH]ncc4c3)c3ccc(OC)cc3n2)c1. The molecule has 2 atom stereocenters. The van der Waals surface area contributed by atoms with Crippen molar-refractivity contribution < 1.29 is 9.47 Å². The van der Waals surface area contributed by atoms with Crippen molar-refractivity contribution in [1.82, 2.24) is 20.2 Å². The highest BCUT2D eigenvalue weighted by molar-refractivity contribution is 5.94. The van der Waals surface area contributed by atoms with Crippen molar-refractivity contribution in [2.24, 2.45) is 0 Å². The molecule has 1 fully saturated rings. The zero-order valence-corrected chi connectivity index (χ0v) is 19.6. The summed E-state index contributed by atoms with van der Waals surface area (Å²) in [5.74, 6) is 2.10. The van der Waals surface area contributed by atoms with Gasteiger partial charge in [-0.2, -0.15) is 5.10 Å². The molecule has 0 saturated carbocycles. The summed E-state index contributed by atoms with van der Waals surface area (Å²) >= 11 is 0. The first kappa shape index (κ1) is 21.4. The number of nitrogens with zero attached hydrogens (tertiary/aromatic N) is 3. The van der Waals surface area contributed by atoms with Gasteiger partial charge in [-0.1, -0.05) is 25.5 Å². The molecule has 6 rings (SSSR count). The number of H-pyrrole nitrogens is 1. The van der Waals surface area contributed by atoms with E-state index in [1.807, 2.05) is 60.8 Å². The summed E-state index contributed by atoms with van der Waals surface area (Å²) in [7, 11) is 1.66. The van der Waals surface area contributed by atoms with E-state index in [1.54, 1.807) is 7.11 Å². The van der Waals surface area contributed by atoms with E-state index in [1.165, 1.54) is 0 Å². The minimum atomic E-state index is 0.0713. The van der Waals surface area contributed by atoms with Crippen molar-refractivity contribution in [1.29, 1.82) is 0 Å². The molecule has 8 nitrogen and oxygen atoms in total. The first-order valence-electron chi connectivity index (χ1n) is 11.8. The Bertz CT molecular complexity index is 1510. The molecule has 1 aliphatic heterocycles. The van der Waals surface area contributed by atoms with Gasteiger partial charge in [0.05, 0.1) is 24.3 Å². The highest BCUT2D eigenvalue weighted by atomic mass is 16.6. The molecule has 176 valence electrons. The van der Waals surface area contributed by atoms with Crippen LogP contribution >= 0.6 is 0 Å². The van der Waals surface area contributed by atoms with Crippen LogP contribution in [0, 0.1) is 0 Å². The van der Waals surface area contributed by atoms with E-state index in [2.05, 4.69) is 33.8 Å². The Labute approximate surface area is 202 Å². The molecule has 0 bridgehead atoms. The molecule has 1 aliphatic rings. The van der Waals surface area contributed by atoms with E-state index in [-0.39, 0.29) is 12.3 Å². The fraction of sp³-hybridized carbons (Fsp3) is 0.222. The third-order valence-electron chi connectivity index (χ3n) is 6.19. The standard InChI is InChI=1S/C27H26N6O2/c1-3-5-24-27(35-24)30-18-7-4-6-16(12-18)25-31-23-14-20(34-2)9-10-21(23)26(32-25)29-19-8-11-22-17(13-19)15-28-33-22/h4,6-15,24,27,30H,3,5H2,1-2H3,(H,28,33)(H,29,31,32). The van der Waals surface area contributed by atoms with E-state index in [4.69, 9.17) is 19.4 Å². The number of fused-ring (bicyclic) bond motifs is 2. The minimum absolute atomic E-state index is 0.0713. The molecule has 0 aliphatic carbocycles. The zero-order valence-electron chi connectivity index (χ0n) is 19.6. The summed E-state index contributed by atoms with van der Waals surface area (Å²) < 4.78 is 11.2. The molecule has 1 saturated heterocycles. The second-order valence-electron chi connectivity index (χ2n) is 8.68. The van der Waals surface area contributed by atoms with Crippen molar-refractivity contribution in [2.45, 2.75) is 32.1 Å². The number of anilines is 3. The first-order valence-corrected chi connectivity index (χ1v) is 11.8. The summed E-state index contributed by atoms with van der Waals surface area (Å²) in [6, 6.07) is 20.0. The Hall–Kier alpha value is -4.17. The monoisotopic (exact) mass is 466 g/mol. The van der Waals surface area contributed by atoms with Crippen LogP contribution in [0.4, 0.5) is 17.2 Å². The van der Waals surface area contributed by atoms with Gasteiger partial charge in [-0.25, -0.2) is 9.97 Å². The van der Waals surface area contributed by atoms with E-state index in [9.17, 15) is 0 Å². The van der Waals surface area contributed by atoms with E-state index in [0.717, 1.165) is 63.2 Å². The number of ether oxygens (including phenoxy) is 2. The maximum absolute atomic E-state index is 5.73. The summed E-state index contributed by atoms with van der Waals surface area (Å²) in [6.45, 7) is 2.17. The van der Waals surface area contributed by atoms with E-state index < -0.39 is 0 Å². The molecule has 2 aromatic heterocycles. The van der Waals surface area contributed by atoms with Gasteiger partial charge in [0.15, 0.2) is 12.1 Å². The van der Waals surface area contributed by atoms with Crippen LogP contribution in [0.2, 0.25) is 0 Å². The molecular formula is C27H26N6O2. The largest absolute Gasteiger partial charge is 0.497 e. The highest BCUT2D eigenvalue weighted by Gasteiger charge is 2.37. The predicted molar refractivity (Wildman–Crippen MR) is 138 cm³/mol. The van der Waals surface area contributed by atoms with Crippen molar-refractivity contribution in [3.05, 3.63) is 66.9 Å². The average Bonchev–Trinajstić information content (AvgIpc) is 3.43. The number of hydrogen-bond donors (Lipinski definition) is 3. The Kier molecular flexibility index (Phi) is 5.42. The third kappa shape index (κ3) is 4.36. The Balaban J connectivity index is 1.38. The smallest absolute Gasteiger partial charge is 0.162 e. The highest BCUT2D eigenvalue weighted by Crippen LogP contribution is 2.32. The van der Waals surface area contributed by atoms with E-state index >= 15 is 0 Å². The molecule has 3 N–H and O–H groups in total. The van der Waals surface area contributed by atoms with Gasteiger partial charge in [-0.05, 0) is 48.9 Å². The molecule has 2 unspecified atom stereocenters. The lowest BCUT2D eigenvalue weighted by Crippen LogP contribution is -2.07. The predicted octanol–water partition coefficient (Wildman–Crippen LogP) is 5.86. The number of aromatic amines is 1. The molecule has 0 amide bonds. The third-order valence-corrected chi connectivity index (χ3v) is 6.19. The number of hydrogen-bond acceptors (Lipinski definition) is 7. The van der Waals surface area contributed by atoms with Gasteiger partial charge in [-0.3, -0.25) is 5.10 Å². The van der Waals surface area contributed by atoms with Crippen LogP contribution in [-0.2, 0) is 4.74 Å². The minimum Gasteiger partial charge on any atom is -0.497 e. The summed E-state index contributed by atoms with van der Waals surface area (Å²) in [5.41, 5.74) is 4.61. The van der Waals surface area contributed by atoms with Crippen LogP contribution < -0.4 is 15.4 Å². The van der Waals surface area contributed by atoms with Crippen molar-refractivity contribution in [2.75, 3.05) is 17.7 Å². The van der Waals surface area contributed by atoms with Crippen molar-refractivity contribution in [3.63, 3.8) is 0 Å². The van der Waals surface area contributed by atoms with Gasteiger partial charge in [-0.15, -0.1) is 0 Å². The quantitative estimate of drug-likeness (QED) is 0.246. The second kappa shape index (κ2) is 8.88. The summed E-state index contributed by atoms with van der Waals surface area (Å²) in [4.78, 5) is 9.80. The van der Waals surface area contributed by atoms with Gasteiger partial charge in [0.2, 0.25) is 0 Å². The Morgan fingerprint density at radius 2 is 1.97 bits per heavy atom. The maximum Gasteiger partial charge on any atom is 0.162 e. The molecule has 0 radical (unpaired) electrons. The lowest BCUT2D eigenvalue weighted by Gasteiger charge is -2.13. The summed E-state index contributed by atoms with van der Waals surface area (Å²) in [6.07, 6.45) is 4.34. The molecule has 35 heavy (non-hydrogen) atoms. The van der Waals surface area contributed by atoms with Crippen molar-refractivity contribution in [3.8, 4) is 17.1 Å². The molecule has 5 aromatic rings. The van der Waals surface area contributed by atoms with Crippen LogP contribution in [-0.4, -0.2) is 39.6 Å². The van der Waals surface area contributed by atoms with Gasteiger partial charge in [0.25, 0.3) is 0 Å². The molecular weight excluding hydrogens is 440 g/mol. The van der Waals surface area contributed by atoms with Crippen molar-refractivity contribution >= 4 is 39.0 Å². The van der Waals surface area contributed by atoms with Crippen LogP contribution in [0.5, 0.6) is 5.75 Å². The van der Waals surface area contributed by atoms with Gasteiger partial charge < -0.3 is 20.1 Å². The lowest BCUT2D eigenvalue weighted by atomic mass is 10.1. The number of benzene rings is 3. The maximum atomic E-state index is 5.73. The Morgan fingerprint density at radius 1 is 1.03 bits per heavy atom. The topological polar surface area (TPSA) is 100 Å². The molecule has 0 spiro atoms. The molecule has 3 aromatic carbocycles. The molecule has 8 heteroatoms. The normalized spacial score (nSPS) is 17.0. The first-order chi connectivity index (χ1) is 17.2. The number of methoxy groups -OCH3 is 1.